The molecular weight excluding hydrogens is 396 g/mol. The van der Waals surface area contributed by atoms with Crippen LogP contribution >= 0.6 is 0 Å². The Labute approximate surface area is 183 Å². The van der Waals surface area contributed by atoms with Crippen LogP contribution in [-0.2, 0) is 9.47 Å². The molecule has 0 aliphatic carbocycles. The molecule has 1 fully saturated rings. The Bertz CT molecular complexity index is 838. The Balaban J connectivity index is 1.55. The van der Waals surface area contributed by atoms with Crippen LogP contribution < -0.4 is 0 Å². The lowest BCUT2D eigenvalue weighted by Crippen LogP contribution is -2.47. The lowest BCUT2D eigenvalue weighted by Gasteiger charge is -2.32. The number of carbonyl (C=O) groups is 1. The Hall–Kier alpha value is -2.22. The zero-order valence-corrected chi connectivity index (χ0v) is 18.1. The second kappa shape index (κ2) is 9.94. The SMILES string of the molecule is CCCCCCCC1=C(c2ccccc2)C2CN([C@H]3C[C@H](O)[C@@H](CO)O3)C(=O)N=C2O1. The summed E-state index contributed by atoms with van der Waals surface area (Å²) in [6.45, 7) is 2.31. The fourth-order valence-corrected chi connectivity index (χ4v) is 4.64. The predicted octanol–water partition coefficient (Wildman–Crippen LogP) is 3.71. The lowest BCUT2D eigenvalue weighted by molar-refractivity contribution is -0.0646. The molecule has 1 aromatic carbocycles. The van der Waals surface area contributed by atoms with Gasteiger partial charge >= 0.3 is 6.03 Å². The van der Waals surface area contributed by atoms with Gasteiger partial charge in [-0.1, -0.05) is 62.9 Å². The molecule has 7 heteroatoms. The van der Waals surface area contributed by atoms with Crippen molar-refractivity contribution in [2.45, 2.75) is 70.3 Å². The van der Waals surface area contributed by atoms with Crippen LogP contribution in [0.2, 0.25) is 0 Å². The summed E-state index contributed by atoms with van der Waals surface area (Å²) in [6.07, 6.45) is 4.89. The molecule has 3 aliphatic rings. The number of hydrogen-bond donors (Lipinski definition) is 2. The maximum Gasteiger partial charge on any atom is 0.348 e. The molecule has 0 saturated carbocycles. The van der Waals surface area contributed by atoms with E-state index in [0.717, 1.165) is 36.2 Å². The van der Waals surface area contributed by atoms with E-state index in [1.54, 1.807) is 4.90 Å². The maximum atomic E-state index is 12.7. The first kappa shape index (κ1) is 22.0. The molecule has 3 heterocycles. The highest BCUT2D eigenvalue weighted by Crippen LogP contribution is 2.41. The molecule has 3 aliphatic heterocycles. The molecule has 31 heavy (non-hydrogen) atoms. The van der Waals surface area contributed by atoms with Crippen molar-refractivity contribution in [3.8, 4) is 0 Å². The Morgan fingerprint density at radius 1 is 1.16 bits per heavy atom. The third-order valence-electron chi connectivity index (χ3n) is 6.33. The molecule has 2 N–H and O–H groups in total. The van der Waals surface area contributed by atoms with Crippen LogP contribution in [0, 0.1) is 5.92 Å². The number of ether oxygens (including phenoxy) is 2. The van der Waals surface area contributed by atoms with Gasteiger partial charge in [0.25, 0.3) is 0 Å². The van der Waals surface area contributed by atoms with Crippen LogP contribution in [0.3, 0.4) is 0 Å². The van der Waals surface area contributed by atoms with Crippen molar-refractivity contribution in [1.82, 2.24) is 4.90 Å². The number of allylic oxidation sites excluding steroid dienone is 1. The molecule has 168 valence electrons. The zero-order valence-electron chi connectivity index (χ0n) is 18.1. The summed E-state index contributed by atoms with van der Waals surface area (Å²) >= 11 is 0. The van der Waals surface area contributed by atoms with Crippen LogP contribution in [0.1, 0.15) is 57.4 Å². The molecule has 4 rings (SSSR count). The first-order valence-electron chi connectivity index (χ1n) is 11.4. The van der Waals surface area contributed by atoms with E-state index in [9.17, 15) is 15.0 Å². The first-order chi connectivity index (χ1) is 15.1. The highest BCUT2D eigenvalue weighted by molar-refractivity contribution is 6.04. The molecular formula is C24H32N2O5. The monoisotopic (exact) mass is 428 g/mol. The van der Waals surface area contributed by atoms with Crippen molar-refractivity contribution in [3.63, 3.8) is 0 Å². The minimum Gasteiger partial charge on any atom is -0.446 e. The third kappa shape index (κ3) is 4.68. The number of urea groups is 1. The third-order valence-corrected chi connectivity index (χ3v) is 6.33. The molecule has 0 spiro atoms. The summed E-state index contributed by atoms with van der Waals surface area (Å²) in [6, 6.07) is 9.71. The number of fused-ring (bicyclic) bond motifs is 1. The zero-order chi connectivity index (χ0) is 21.8. The number of aliphatic hydroxyl groups excluding tert-OH is 2. The summed E-state index contributed by atoms with van der Waals surface area (Å²) in [7, 11) is 0. The lowest BCUT2D eigenvalue weighted by atomic mass is 9.90. The number of aliphatic hydroxyl groups is 2. The quantitative estimate of drug-likeness (QED) is 0.585. The molecule has 0 radical (unpaired) electrons. The number of amides is 2. The molecule has 0 aromatic heterocycles. The van der Waals surface area contributed by atoms with Gasteiger partial charge in [0.1, 0.15) is 18.1 Å². The van der Waals surface area contributed by atoms with Crippen molar-refractivity contribution in [2.24, 2.45) is 10.9 Å². The van der Waals surface area contributed by atoms with Crippen LogP contribution in [-0.4, -0.2) is 58.6 Å². The fourth-order valence-electron chi connectivity index (χ4n) is 4.64. The van der Waals surface area contributed by atoms with Crippen molar-refractivity contribution in [2.75, 3.05) is 13.2 Å². The van der Waals surface area contributed by atoms with Gasteiger partial charge in [-0.2, -0.15) is 4.99 Å². The minimum absolute atomic E-state index is 0.153. The van der Waals surface area contributed by atoms with Crippen molar-refractivity contribution in [1.29, 1.82) is 0 Å². The number of aliphatic imine (C=N–C) groups is 1. The standard InChI is InChI=1S/C24H32N2O5/c1-2-3-4-5-9-12-19-22(16-10-7-6-8-11-16)17-14-26(24(29)25-23(17)31-19)21-13-18(28)20(15-27)30-21/h6-8,10-11,17-18,20-21,27-28H,2-5,9,12-15H2,1H3/t17?,18-,20+,21+/m0/s1. The minimum atomic E-state index is -0.796. The number of rotatable bonds is 9. The molecule has 2 amide bonds. The van der Waals surface area contributed by atoms with Gasteiger partial charge in [0.15, 0.2) is 0 Å². The van der Waals surface area contributed by atoms with Gasteiger partial charge in [0.2, 0.25) is 5.90 Å². The average molecular weight is 429 g/mol. The summed E-state index contributed by atoms with van der Waals surface area (Å²) in [4.78, 5) is 18.5. The van der Waals surface area contributed by atoms with E-state index in [1.165, 1.54) is 19.3 Å². The molecule has 4 atom stereocenters. The predicted molar refractivity (Wildman–Crippen MR) is 117 cm³/mol. The van der Waals surface area contributed by atoms with Gasteiger partial charge in [0, 0.05) is 25.0 Å². The normalized spacial score (nSPS) is 28.0. The molecule has 0 bridgehead atoms. The molecule has 1 aromatic rings. The summed E-state index contributed by atoms with van der Waals surface area (Å²) in [5, 5.41) is 19.5. The van der Waals surface area contributed by atoms with Crippen LogP contribution in [0.15, 0.2) is 41.1 Å². The summed E-state index contributed by atoms with van der Waals surface area (Å²) in [5.41, 5.74) is 2.17. The van der Waals surface area contributed by atoms with Gasteiger partial charge in [-0.05, 0) is 12.0 Å². The maximum absolute atomic E-state index is 12.7. The van der Waals surface area contributed by atoms with Gasteiger partial charge in [-0.3, -0.25) is 4.90 Å². The van der Waals surface area contributed by atoms with E-state index in [1.807, 2.05) is 18.2 Å². The van der Waals surface area contributed by atoms with Gasteiger partial charge < -0.3 is 19.7 Å². The number of carbonyl (C=O) groups excluding carboxylic acids is 1. The van der Waals surface area contributed by atoms with Gasteiger partial charge in [-0.15, -0.1) is 0 Å². The largest absolute Gasteiger partial charge is 0.446 e. The highest BCUT2D eigenvalue weighted by Gasteiger charge is 2.45. The van der Waals surface area contributed by atoms with E-state index >= 15 is 0 Å². The fraction of sp³-hybridized carbons (Fsp3) is 0.583. The number of unbranched alkanes of at least 4 members (excludes halogenated alkanes) is 4. The number of nitrogens with zero attached hydrogens (tertiary/aromatic N) is 2. The van der Waals surface area contributed by atoms with E-state index < -0.39 is 24.5 Å². The average Bonchev–Trinajstić information content (AvgIpc) is 3.32. The van der Waals surface area contributed by atoms with E-state index in [-0.39, 0.29) is 18.9 Å². The molecule has 1 unspecified atom stereocenters. The smallest absolute Gasteiger partial charge is 0.348 e. The number of hydrogen-bond acceptors (Lipinski definition) is 5. The van der Waals surface area contributed by atoms with Gasteiger partial charge in [-0.25, -0.2) is 4.79 Å². The topological polar surface area (TPSA) is 91.6 Å². The summed E-state index contributed by atoms with van der Waals surface area (Å²) in [5.74, 6) is 1.21. The second-order valence-corrected chi connectivity index (χ2v) is 8.52. The van der Waals surface area contributed by atoms with Crippen LogP contribution in [0.5, 0.6) is 0 Å². The van der Waals surface area contributed by atoms with E-state index in [0.29, 0.717) is 12.4 Å². The summed E-state index contributed by atoms with van der Waals surface area (Å²) < 4.78 is 11.9. The van der Waals surface area contributed by atoms with Gasteiger partial charge in [0.05, 0.1) is 18.6 Å². The molecule has 1 saturated heterocycles. The van der Waals surface area contributed by atoms with E-state index in [4.69, 9.17) is 9.47 Å². The van der Waals surface area contributed by atoms with Crippen molar-refractivity contribution >= 4 is 17.5 Å². The van der Waals surface area contributed by atoms with E-state index in [2.05, 4.69) is 24.0 Å². The second-order valence-electron chi connectivity index (χ2n) is 8.52. The first-order valence-corrected chi connectivity index (χ1v) is 11.4. The Kier molecular flexibility index (Phi) is 7.05. The Morgan fingerprint density at radius 3 is 2.65 bits per heavy atom. The van der Waals surface area contributed by atoms with Crippen molar-refractivity contribution < 1.29 is 24.5 Å². The van der Waals surface area contributed by atoms with Crippen molar-refractivity contribution in [3.05, 3.63) is 41.7 Å². The van der Waals surface area contributed by atoms with Crippen LogP contribution in [0.4, 0.5) is 4.79 Å². The number of benzene rings is 1. The Morgan fingerprint density at radius 2 is 1.94 bits per heavy atom. The molecule has 7 nitrogen and oxygen atoms in total. The van der Waals surface area contributed by atoms with Crippen LogP contribution in [0.25, 0.3) is 5.57 Å². The highest BCUT2D eigenvalue weighted by atomic mass is 16.5.